The number of amidine groups is 1. The van der Waals surface area contributed by atoms with Crippen LogP contribution in [0.5, 0.6) is 5.75 Å². The van der Waals surface area contributed by atoms with E-state index in [1.54, 1.807) is 7.11 Å². The van der Waals surface area contributed by atoms with Gasteiger partial charge >= 0.3 is 0 Å². The summed E-state index contributed by atoms with van der Waals surface area (Å²) in [6.07, 6.45) is 0. The second-order valence-corrected chi connectivity index (χ2v) is 5.20. The smallest absolute Gasteiger partial charge is 0.128 e. The Hall–Kier alpha value is -2.33. The van der Waals surface area contributed by atoms with E-state index < -0.39 is 0 Å². The number of methoxy groups -OCH3 is 1. The third-order valence-electron chi connectivity index (χ3n) is 3.57. The molecule has 0 saturated carbocycles. The number of benzene rings is 2. The van der Waals surface area contributed by atoms with E-state index in [1.807, 2.05) is 30.3 Å². The Balaban J connectivity index is 1.55. The molecule has 1 N–H and O–H groups in total. The number of rotatable bonds is 6. The first-order valence-corrected chi connectivity index (χ1v) is 7.43. The van der Waals surface area contributed by atoms with Crippen molar-refractivity contribution in [3.8, 4) is 5.75 Å². The first-order valence-electron chi connectivity index (χ1n) is 7.43. The lowest BCUT2D eigenvalue weighted by Gasteiger charge is -2.08. The molecule has 1 aliphatic heterocycles. The summed E-state index contributed by atoms with van der Waals surface area (Å²) in [7, 11) is 1.67. The summed E-state index contributed by atoms with van der Waals surface area (Å²) in [6, 6.07) is 16.3. The largest absolute Gasteiger partial charge is 0.497 e. The van der Waals surface area contributed by atoms with Crippen LogP contribution in [-0.4, -0.2) is 26.0 Å². The topological polar surface area (TPSA) is 42.9 Å². The molecule has 2 aromatic carbocycles. The molecule has 0 amide bonds. The van der Waals surface area contributed by atoms with Crippen molar-refractivity contribution < 1.29 is 9.47 Å². The minimum Gasteiger partial charge on any atom is -0.497 e. The van der Waals surface area contributed by atoms with Crippen molar-refractivity contribution in [2.24, 2.45) is 4.99 Å². The molecule has 0 spiro atoms. The molecule has 0 atom stereocenters. The van der Waals surface area contributed by atoms with Crippen LogP contribution >= 0.6 is 0 Å². The number of nitrogens with one attached hydrogen (secondary N) is 1. The number of nitrogens with zero attached hydrogens (tertiary/aromatic N) is 1. The SMILES string of the molecule is COc1ccc(COCc2cccc(C3=NCCN3)c2)cc1. The molecule has 4 heteroatoms. The highest BCUT2D eigenvalue weighted by Gasteiger charge is 2.08. The van der Waals surface area contributed by atoms with Gasteiger partial charge in [0, 0.05) is 12.1 Å². The fourth-order valence-corrected chi connectivity index (χ4v) is 2.41. The number of hydrogen-bond donors (Lipinski definition) is 1. The molecule has 1 heterocycles. The lowest BCUT2D eigenvalue weighted by molar-refractivity contribution is 0.107. The molecule has 0 radical (unpaired) electrons. The summed E-state index contributed by atoms with van der Waals surface area (Å²) in [5, 5.41) is 3.29. The van der Waals surface area contributed by atoms with Gasteiger partial charge in [-0.3, -0.25) is 4.99 Å². The molecule has 0 aromatic heterocycles. The van der Waals surface area contributed by atoms with Crippen LogP contribution in [0.25, 0.3) is 0 Å². The second-order valence-electron chi connectivity index (χ2n) is 5.20. The van der Waals surface area contributed by atoms with Gasteiger partial charge in [0.2, 0.25) is 0 Å². The van der Waals surface area contributed by atoms with Crippen molar-refractivity contribution in [2.45, 2.75) is 13.2 Å². The monoisotopic (exact) mass is 296 g/mol. The van der Waals surface area contributed by atoms with E-state index in [1.165, 1.54) is 0 Å². The molecule has 0 fully saturated rings. The molecular formula is C18H20N2O2. The van der Waals surface area contributed by atoms with Gasteiger partial charge in [0.05, 0.1) is 26.9 Å². The van der Waals surface area contributed by atoms with Crippen molar-refractivity contribution in [3.05, 3.63) is 65.2 Å². The van der Waals surface area contributed by atoms with Gasteiger partial charge in [-0.1, -0.05) is 30.3 Å². The van der Waals surface area contributed by atoms with Crippen molar-refractivity contribution >= 4 is 5.84 Å². The van der Waals surface area contributed by atoms with Gasteiger partial charge in [-0.15, -0.1) is 0 Å². The van der Waals surface area contributed by atoms with Gasteiger partial charge in [-0.25, -0.2) is 0 Å². The third kappa shape index (κ3) is 3.65. The van der Waals surface area contributed by atoms with Gasteiger partial charge in [-0.2, -0.15) is 0 Å². The van der Waals surface area contributed by atoms with Crippen LogP contribution in [0.1, 0.15) is 16.7 Å². The van der Waals surface area contributed by atoms with Crippen molar-refractivity contribution in [1.82, 2.24) is 5.32 Å². The Kier molecular flexibility index (Phi) is 4.71. The van der Waals surface area contributed by atoms with E-state index in [-0.39, 0.29) is 0 Å². The van der Waals surface area contributed by atoms with E-state index in [0.717, 1.165) is 41.4 Å². The van der Waals surface area contributed by atoms with Gasteiger partial charge in [0.1, 0.15) is 11.6 Å². The van der Waals surface area contributed by atoms with Crippen LogP contribution in [0, 0.1) is 0 Å². The molecule has 0 saturated heterocycles. The zero-order valence-electron chi connectivity index (χ0n) is 12.7. The molecule has 2 aromatic rings. The highest BCUT2D eigenvalue weighted by molar-refractivity contribution is 5.99. The van der Waals surface area contributed by atoms with E-state index in [4.69, 9.17) is 9.47 Å². The molecule has 3 rings (SSSR count). The summed E-state index contributed by atoms with van der Waals surface area (Å²) in [5.74, 6) is 1.85. The standard InChI is InChI=1S/C18H20N2O2/c1-21-17-7-5-14(6-8-17)12-22-13-15-3-2-4-16(11-15)18-19-9-10-20-18/h2-8,11H,9-10,12-13H2,1H3,(H,19,20). The van der Waals surface area contributed by atoms with Crippen LogP contribution in [0.2, 0.25) is 0 Å². The first-order chi connectivity index (χ1) is 10.8. The molecule has 0 aliphatic carbocycles. The maximum Gasteiger partial charge on any atom is 0.128 e. The molecule has 114 valence electrons. The predicted molar refractivity (Wildman–Crippen MR) is 87.3 cm³/mol. The summed E-state index contributed by atoms with van der Waals surface area (Å²) in [5.41, 5.74) is 3.42. The average molecular weight is 296 g/mol. The summed E-state index contributed by atoms with van der Waals surface area (Å²) in [4.78, 5) is 4.44. The van der Waals surface area contributed by atoms with Crippen LogP contribution in [0.4, 0.5) is 0 Å². The molecular weight excluding hydrogens is 276 g/mol. The molecule has 22 heavy (non-hydrogen) atoms. The first kappa shape index (κ1) is 14.6. The highest BCUT2D eigenvalue weighted by atomic mass is 16.5. The van der Waals surface area contributed by atoms with Crippen LogP contribution in [-0.2, 0) is 18.0 Å². The zero-order chi connectivity index (χ0) is 15.2. The minimum atomic E-state index is 0.590. The van der Waals surface area contributed by atoms with Crippen LogP contribution in [0.15, 0.2) is 53.5 Å². The molecule has 4 nitrogen and oxygen atoms in total. The van der Waals surface area contributed by atoms with Gasteiger partial charge in [-0.05, 0) is 29.3 Å². The van der Waals surface area contributed by atoms with E-state index >= 15 is 0 Å². The van der Waals surface area contributed by atoms with Crippen molar-refractivity contribution in [2.75, 3.05) is 20.2 Å². The Bertz CT molecular complexity index is 650. The lowest BCUT2D eigenvalue weighted by Crippen LogP contribution is -2.19. The summed E-state index contributed by atoms with van der Waals surface area (Å²) >= 11 is 0. The van der Waals surface area contributed by atoms with E-state index in [9.17, 15) is 0 Å². The Labute approximate surface area is 130 Å². The minimum absolute atomic E-state index is 0.590. The number of ether oxygens (including phenoxy) is 2. The van der Waals surface area contributed by atoms with Gasteiger partial charge in [0.15, 0.2) is 0 Å². The predicted octanol–water partition coefficient (Wildman–Crippen LogP) is 2.76. The number of aliphatic imine (C=N–C) groups is 1. The third-order valence-corrected chi connectivity index (χ3v) is 3.57. The Morgan fingerprint density at radius 1 is 1.05 bits per heavy atom. The second kappa shape index (κ2) is 7.09. The zero-order valence-corrected chi connectivity index (χ0v) is 12.7. The summed E-state index contributed by atoms with van der Waals surface area (Å²) in [6.45, 7) is 2.96. The van der Waals surface area contributed by atoms with E-state index in [2.05, 4.69) is 28.5 Å². The van der Waals surface area contributed by atoms with Crippen molar-refractivity contribution in [3.63, 3.8) is 0 Å². The maximum absolute atomic E-state index is 5.80. The maximum atomic E-state index is 5.80. The van der Waals surface area contributed by atoms with Crippen LogP contribution in [0.3, 0.4) is 0 Å². The van der Waals surface area contributed by atoms with Crippen molar-refractivity contribution in [1.29, 1.82) is 0 Å². The quantitative estimate of drug-likeness (QED) is 0.891. The lowest BCUT2D eigenvalue weighted by atomic mass is 10.1. The van der Waals surface area contributed by atoms with Gasteiger partial charge < -0.3 is 14.8 Å². The fourth-order valence-electron chi connectivity index (χ4n) is 2.41. The van der Waals surface area contributed by atoms with Gasteiger partial charge in [0.25, 0.3) is 0 Å². The van der Waals surface area contributed by atoms with E-state index in [0.29, 0.717) is 13.2 Å². The number of hydrogen-bond acceptors (Lipinski definition) is 4. The molecule has 0 bridgehead atoms. The fraction of sp³-hybridized carbons (Fsp3) is 0.278. The average Bonchev–Trinajstić information content (AvgIpc) is 3.10. The molecule has 1 aliphatic rings. The highest BCUT2D eigenvalue weighted by Crippen LogP contribution is 2.13. The normalized spacial score (nSPS) is 13.6. The Morgan fingerprint density at radius 2 is 1.86 bits per heavy atom. The molecule has 0 unspecified atom stereocenters. The Morgan fingerprint density at radius 3 is 2.59 bits per heavy atom. The van der Waals surface area contributed by atoms with Crippen LogP contribution < -0.4 is 10.1 Å². The summed E-state index contributed by atoms with van der Waals surface area (Å²) < 4.78 is 10.9.